The molecule has 0 aliphatic heterocycles. The number of carbonyl (C=O) groups is 1. The van der Waals surface area contributed by atoms with Crippen molar-refractivity contribution in [2.75, 3.05) is 0 Å². The van der Waals surface area contributed by atoms with Crippen LogP contribution in [0.4, 0.5) is 0 Å². The van der Waals surface area contributed by atoms with E-state index in [4.69, 9.17) is 0 Å². The molecule has 0 saturated heterocycles. The molecule has 0 unspecified atom stereocenters. The molecule has 0 heterocycles. The average Bonchev–Trinajstić information content (AvgIpc) is 2.19. The number of phenolic OH excluding ortho intramolecular Hbond substituents is 2. The van der Waals surface area contributed by atoms with Crippen LogP contribution in [0.5, 0.6) is 11.5 Å². The molecule has 0 aliphatic rings. The van der Waals surface area contributed by atoms with E-state index in [9.17, 15) is 15.0 Å². The van der Waals surface area contributed by atoms with E-state index in [0.29, 0.717) is 10.8 Å². The number of benzene rings is 2. The second kappa shape index (κ2) is 3.28. The van der Waals surface area contributed by atoms with Gasteiger partial charge in [0.25, 0.3) is 0 Å². The van der Waals surface area contributed by atoms with Gasteiger partial charge in [0.15, 0.2) is 5.78 Å². The quantitative estimate of drug-likeness (QED) is 0.698. The van der Waals surface area contributed by atoms with E-state index in [0.717, 1.165) is 0 Å². The van der Waals surface area contributed by atoms with Gasteiger partial charge in [-0.25, -0.2) is 0 Å². The highest BCUT2D eigenvalue weighted by atomic mass is 16.3. The Hall–Kier alpha value is -2.03. The third-order valence-corrected chi connectivity index (χ3v) is 2.39. The number of aromatic hydroxyl groups is 2. The Morgan fingerprint density at radius 3 is 2.47 bits per heavy atom. The maximum Gasteiger partial charge on any atom is 0.163 e. The summed E-state index contributed by atoms with van der Waals surface area (Å²) in [5.74, 6) is -0.174. The van der Waals surface area contributed by atoms with Crippen molar-refractivity contribution in [2.45, 2.75) is 6.92 Å². The highest BCUT2D eigenvalue weighted by molar-refractivity contribution is 6.04. The van der Waals surface area contributed by atoms with Crippen LogP contribution in [0.3, 0.4) is 0 Å². The molecule has 0 bridgehead atoms. The van der Waals surface area contributed by atoms with Crippen molar-refractivity contribution in [1.29, 1.82) is 0 Å². The van der Waals surface area contributed by atoms with Gasteiger partial charge in [0.05, 0.1) is 5.56 Å². The van der Waals surface area contributed by atoms with Crippen LogP contribution < -0.4 is 0 Å². The smallest absolute Gasteiger partial charge is 0.163 e. The number of phenols is 2. The first-order chi connectivity index (χ1) is 7.11. The molecule has 0 amide bonds. The number of fused-ring (bicyclic) bond motifs is 1. The molecule has 0 fully saturated rings. The zero-order valence-corrected chi connectivity index (χ0v) is 8.19. The van der Waals surface area contributed by atoms with Crippen LogP contribution in [0.15, 0.2) is 30.3 Å². The minimum absolute atomic E-state index is 0.0732. The lowest BCUT2D eigenvalue weighted by Crippen LogP contribution is -1.92. The van der Waals surface area contributed by atoms with Gasteiger partial charge in [-0.15, -0.1) is 0 Å². The molecule has 2 rings (SSSR count). The van der Waals surface area contributed by atoms with Crippen LogP contribution in [-0.2, 0) is 0 Å². The van der Waals surface area contributed by atoms with Crippen LogP contribution in [-0.4, -0.2) is 16.0 Å². The van der Waals surface area contributed by atoms with E-state index in [1.165, 1.54) is 19.1 Å². The van der Waals surface area contributed by atoms with Crippen molar-refractivity contribution in [3.05, 3.63) is 35.9 Å². The predicted octanol–water partition coefficient (Wildman–Crippen LogP) is 2.45. The third kappa shape index (κ3) is 1.42. The molecule has 15 heavy (non-hydrogen) atoms. The normalized spacial score (nSPS) is 10.5. The maximum atomic E-state index is 11.2. The van der Waals surface area contributed by atoms with Gasteiger partial charge in [0.2, 0.25) is 0 Å². The second-order valence-corrected chi connectivity index (χ2v) is 3.39. The molecular formula is C12H10O3. The SMILES string of the molecule is CC(=O)c1ccc2c(O)cccc2c1O. The van der Waals surface area contributed by atoms with Crippen molar-refractivity contribution in [3.8, 4) is 11.5 Å². The van der Waals surface area contributed by atoms with Crippen LogP contribution in [0.25, 0.3) is 10.8 Å². The zero-order chi connectivity index (χ0) is 11.0. The number of ketones is 1. The Morgan fingerprint density at radius 1 is 1.07 bits per heavy atom. The summed E-state index contributed by atoms with van der Waals surface area (Å²) in [6.07, 6.45) is 0. The molecule has 0 saturated carbocycles. The molecule has 2 aromatic rings. The summed E-state index contributed by atoms with van der Waals surface area (Å²) in [6.45, 7) is 1.39. The van der Waals surface area contributed by atoms with Gasteiger partial charge in [0, 0.05) is 10.8 Å². The molecule has 3 nitrogen and oxygen atoms in total. The largest absolute Gasteiger partial charge is 0.507 e. The lowest BCUT2D eigenvalue weighted by molar-refractivity contribution is 0.101. The summed E-state index contributed by atoms with van der Waals surface area (Å²) in [6, 6.07) is 7.97. The molecule has 76 valence electrons. The van der Waals surface area contributed by atoms with Crippen molar-refractivity contribution < 1.29 is 15.0 Å². The van der Waals surface area contributed by atoms with Crippen LogP contribution in [0, 0.1) is 0 Å². The van der Waals surface area contributed by atoms with Crippen molar-refractivity contribution in [1.82, 2.24) is 0 Å². The minimum atomic E-state index is -0.197. The van der Waals surface area contributed by atoms with Crippen molar-refractivity contribution >= 4 is 16.6 Å². The van der Waals surface area contributed by atoms with E-state index in [1.54, 1.807) is 18.2 Å². The van der Waals surface area contributed by atoms with Crippen LogP contribution in [0.1, 0.15) is 17.3 Å². The van der Waals surface area contributed by atoms with Crippen LogP contribution in [0.2, 0.25) is 0 Å². The van der Waals surface area contributed by atoms with Crippen LogP contribution >= 0.6 is 0 Å². The average molecular weight is 202 g/mol. The summed E-state index contributed by atoms with van der Waals surface area (Å²) in [5.41, 5.74) is 0.271. The highest BCUT2D eigenvalue weighted by Gasteiger charge is 2.11. The summed E-state index contributed by atoms with van der Waals surface area (Å²) in [5, 5.41) is 20.4. The molecular weight excluding hydrogens is 192 g/mol. The second-order valence-electron chi connectivity index (χ2n) is 3.39. The van der Waals surface area contributed by atoms with E-state index < -0.39 is 0 Å². The van der Waals surface area contributed by atoms with Gasteiger partial charge in [-0.1, -0.05) is 12.1 Å². The maximum absolute atomic E-state index is 11.2. The first-order valence-corrected chi connectivity index (χ1v) is 4.56. The summed E-state index contributed by atoms with van der Waals surface area (Å²) in [4.78, 5) is 11.2. The number of Topliss-reactive ketones (excluding diaryl/α,β-unsaturated/α-hetero) is 1. The van der Waals surface area contributed by atoms with Crippen molar-refractivity contribution in [3.63, 3.8) is 0 Å². The molecule has 0 spiro atoms. The third-order valence-electron chi connectivity index (χ3n) is 2.39. The summed E-state index contributed by atoms with van der Waals surface area (Å²) in [7, 11) is 0. The monoisotopic (exact) mass is 202 g/mol. The first kappa shape index (κ1) is 9.52. The number of hydrogen-bond donors (Lipinski definition) is 2. The number of hydrogen-bond acceptors (Lipinski definition) is 3. The lowest BCUT2D eigenvalue weighted by Gasteiger charge is -2.06. The Bertz CT molecular complexity index is 544. The van der Waals surface area contributed by atoms with E-state index >= 15 is 0 Å². The van der Waals surface area contributed by atoms with E-state index in [1.807, 2.05) is 0 Å². The minimum Gasteiger partial charge on any atom is -0.507 e. The molecule has 0 aliphatic carbocycles. The summed E-state index contributed by atoms with van der Waals surface area (Å²) >= 11 is 0. The fourth-order valence-electron chi connectivity index (χ4n) is 1.61. The van der Waals surface area contributed by atoms with Gasteiger partial charge in [-0.2, -0.15) is 0 Å². The highest BCUT2D eigenvalue weighted by Crippen LogP contribution is 2.33. The predicted molar refractivity (Wildman–Crippen MR) is 57.3 cm³/mol. The van der Waals surface area contributed by atoms with Gasteiger partial charge in [0.1, 0.15) is 11.5 Å². The summed E-state index contributed by atoms with van der Waals surface area (Å²) < 4.78 is 0. The van der Waals surface area contributed by atoms with Crippen molar-refractivity contribution in [2.24, 2.45) is 0 Å². The fraction of sp³-hybridized carbons (Fsp3) is 0.0833. The fourth-order valence-corrected chi connectivity index (χ4v) is 1.61. The standard InChI is InChI=1S/C12H10O3/c1-7(13)8-5-6-9-10(12(8)15)3-2-4-11(9)14/h2-6,14-15H,1H3. The Morgan fingerprint density at radius 2 is 1.80 bits per heavy atom. The Balaban J connectivity index is 2.86. The van der Waals surface area contributed by atoms with E-state index in [-0.39, 0.29) is 22.8 Å². The lowest BCUT2D eigenvalue weighted by atomic mass is 10.0. The van der Waals surface area contributed by atoms with Gasteiger partial charge >= 0.3 is 0 Å². The molecule has 0 atom stereocenters. The molecule has 2 aromatic carbocycles. The van der Waals surface area contributed by atoms with Gasteiger partial charge in [-0.05, 0) is 25.1 Å². The van der Waals surface area contributed by atoms with E-state index in [2.05, 4.69) is 0 Å². The molecule has 2 N–H and O–H groups in total. The number of carbonyl (C=O) groups excluding carboxylic acids is 1. The number of rotatable bonds is 1. The first-order valence-electron chi connectivity index (χ1n) is 4.56. The van der Waals surface area contributed by atoms with Gasteiger partial charge in [-0.3, -0.25) is 4.79 Å². The molecule has 0 radical (unpaired) electrons. The molecule has 3 heteroatoms. The Kier molecular flexibility index (Phi) is 2.08. The zero-order valence-electron chi connectivity index (χ0n) is 8.19. The molecule has 0 aromatic heterocycles. The topological polar surface area (TPSA) is 57.5 Å². The van der Waals surface area contributed by atoms with Gasteiger partial charge < -0.3 is 10.2 Å². The Labute approximate surface area is 86.6 Å².